The van der Waals surface area contributed by atoms with E-state index < -0.39 is 28.9 Å². The van der Waals surface area contributed by atoms with Gasteiger partial charge in [-0.1, -0.05) is 6.07 Å². The minimum atomic E-state index is -0.960. The monoisotopic (exact) mass is 411 g/mol. The number of H-pyrrole nitrogens is 2. The van der Waals surface area contributed by atoms with E-state index >= 15 is 0 Å². The van der Waals surface area contributed by atoms with Crippen LogP contribution in [0.1, 0.15) is 24.2 Å². The predicted octanol–water partition coefficient (Wildman–Crippen LogP) is 3.99. The Morgan fingerprint density at radius 2 is 1.83 bits per heavy atom. The van der Waals surface area contributed by atoms with Crippen molar-refractivity contribution in [2.24, 2.45) is 0 Å². The third-order valence-electron chi connectivity index (χ3n) is 4.57. The number of nitrogens with one attached hydrogen (secondary N) is 3. The van der Waals surface area contributed by atoms with Crippen molar-refractivity contribution in [3.63, 3.8) is 0 Å². The van der Waals surface area contributed by atoms with Gasteiger partial charge < -0.3 is 19.8 Å². The van der Waals surface area contributed by atoms with Crippen LogP contribution in [0.3, 0.4) is 0 Å². The number of imidazole rings is 1. The summed E-state index contributed by atoms with van der Waals surface area (Å²) in [5, 5.41) is 9.10. The molecule has 0 saturated heterocycles. The second-order valence-corrected chi connectivity index (χ2v) is 7.21. The first-order valence-electron chi connectivity index (χ1n) is 9.01. The first-order valence-corrected chi connectivity index (χ1v) is 9.01. The Kier molecular flexibility index (Phi) is 3.79. The molecular weight excluding hydrogens is 396 g/mol. The molecule has 2 aromatic carbocycles. The highest BCUT2D eigenvalue weighted by atomic mass is 19.1. The molecule has 3 heterocycles. The van der Waals surface area contributed by atoms with Crippen LogP contribution in [-0.4, -0.2) is 31.9 Å². The molecule has 0 spiro atoms. The molecule has 152 valence electrons. The summed E-state index contributed by atoms with van der Waals surface area (Å²) >= 11 is 0. The summed E-state index contributed by atoms with van der Waals surface area (Å²) in [6.45, 7) is 3.61. The summed E-state index contributed by atoms with van der Waals surface area (Å²) in [6.07, 6.45) is 1.33. The van der Waals surface area contributed by atoms with Crippen molar-refractivity contribution in [2.45, 2.75) is 19.6 Å². The maximum absolute atomic E-state index is 13.9. The van der Waals surface area contributed by atoms with Crippen LogP contribution in [0.4, 0.5) is 14.5 Å². The standard InChI is InChI=1S/C20H15F2N5O3/c1-20(2)29-14-6-11-12(7-15(14)30-20)25-18(24-11)17-13(8-23-27-17)26-19(28)16-9(21)4-3-5-10(16)22/h3-8H,1-2H3,(H,23,27)(H,24,25)(H,26,28). The second kappa shape index (κ2) is 6.28. The number of ether oxygens (including phenoxy) is 2. The number of fused-ring (bicyclic) bond motifs is 2. The van der Waals surface area contributed by atoms with Gasteiger partial charge in [0, 0.05) is 26.0 Å². The number of halogens is 2. The molecule has 0 radical (unpaired) electrons. The summed E-state index contributed by atoms with van der Waals surface area (Å²) in [4.78, 5) is 20.0. The summed E-state index contributed by atoms with van der Waals surface area (Å²) in [5.74, 6) is -2.10. The van der Waals surface area contributed by atoms with E-state index in [1.165, 1.54) is 12.3 Å². The average Bonchev–Trinajstić information content (AvgIpc) is 3.34. The molecule has 0 fully saturated rings. The second-order valence-electron chi connectivity index (χ2n) is 7.21. The summed E-state index contributed by atoms with van der Waals surface area (Å²) in [7, 11) is 0. The van der Waals surface area contributed by atoms with E-state index in [1.54, 1.807) is 26.0 Å². The van der Waals surface area contributed by atoms with Crippen molar-refractivity contribution in [2.75, 3.05) is 5.32 Å². The number of rotatable bonds is 3. The Morgan fingerprint density at radius 3 is 2.57 bits per heavy atom. The van der Waals surface area contributed by atoms with E-state index in [1.807, 2.05) is 0 Å². The Balaban J connectivity index is 1.48. The fraction of sp³-hybridized carbons (Fsp3) is 0.150. The highest BCUT2D eigenvalue weighted by Crippen LogP contribution is 2.41. The molecule has 1 amide bonds. The number of carbonyl (C=O) groups excluding carboxylic acids is 1. The topological polar surface area (TPSA) is 105 Å². The van der Waals surface area contributed by atoms with Gasteiger partial charge >= 0.3 is 0 Å². The molecule has 5 rings (SSSR count). The zero-order valence-electron chi connectivity index (χ0n) is 15.8. The zero-order chi connectivity index (χ0) is 21.0. The molecule has 10 heteroatoms. The Hall–Kier alpha value is -3.95. The molecule has 0 atom stereocenters. The van der Waals surface area contributed by atoms with Crippen molar-refractivity contribution in [1.29, 1.82) is 0 Å². The lowest BCUT2D eigenvalue weighted by Gasteiger charge is -2.16. The van der Waals surface area contributed by atoms with Crippen LogP contribution < -0.4 is 14.8 Å². The lowest BCUT2D eigenvalue weighted by atomic mass is 10.2. The SMILES string of the molecule is CC1(C)Oc2cc3nc(-c4[nH]ncc4NC(=O)c4c(F)cccc4F)[nH]c3cc2O1. The Morgan fingerprint density at radius 1 is 1.13 bits per heavy atom. The van der Waals surface area contributed by atoms with Crippen molar-refractivity contribution >= 4 is 22.6 Å². The largest absolute Gasteiger partial charge is 0.449 e. The van der Waals surface area contributed by atoms with Crippen LogP contribution in [0.25, 0.3) is 22.6 Å². The minimum Gasteiger partial charge on any atom is -0.449 e. The number of benzene rings is 2. The lowest BCUT2D eigenvalue weighted by Crippen LogP contribution is -2.29. The van der Waals surface area contributed by atoms with Gasteiger partial charge in [-0.2, -0.15) is 5.10 Å². The van der Waals surface area contributed by atoms with Crippen LogP contribution >= 0.6 is 0 Å². The van der Waals surface area contributed by atoms with Gasteiger partial charge in [-0.3, -0.25) is 9.89 Å². The van der Waals surface area contributed by atoms with Crippen LogP contribution in [-0.2, 0) is 0 Å². The van der Waals surface area contributed by atoms with Gasteiger partial charge in [-0.15, -0.1) is 0 Å². The molecule has 1 aliphatic rings. The number of aromatic amines is 2. The number of amides is 1. The van der Waals surface area contributed by atoms with Gasteiger partial charge in [0.1, 0.15) is 22.9 Å². The highest BCUT2D eigenvalue weighted by molar-refractivity contribution is 6.06. The average molecular weight is 411 g/mol. The van der Waals surface area contributed by atoms with Crippen molar-refractivity contribution in [3.8, 4) is 23.0 Å². The van der Waals surface area contributed by atoms with E-state index in [2.05, 4.69) is 25.5 Å². The summed E-state index contributed by atoms with van der Waals surface area (Å²) < 4.78 is 39.2. The summed E-state index contributed by atoms with van der Waals surface area (Å²) in [5.41, 5.74) is 1.17. The number of hydrogen-bond donors (Lipinski definition) is 3. The number of hydrogen-bond acceptors (Lipinski definition) is 5. The van der Waals surface area contributed by atoms with Gasteiger partial charge in [0.2, 0.25) is 5.79 Å². The lowest BCUT2D eigenvalue weighted by molar-refractivity contribution is -0.0431. The Labute approximate surface area is 168 Å². The van der Waals surface area contributed by atoms with Crippen molar-refractivity contribution in [3.05, 3.63) is 53.7 Å². The van der Waals surface area contributed by atoms with Gasteiger partial charge in [0.05, 0.1) is 22.9 Å². The highest BCUT2D eigenvalue weighted by Gasteiger charge is 2.32. The minimum absolute atomic E-state index is 0.211. The van der Waals surface area contributed by atoms with E-state index in [4.69, 9.17) is 9.47 Å². The molecule has 2 aromatic heterocycles. The maximum atomic E-state index is 13.9. The van der Waals surface area contributed by atoms with Crippen LogP contribution in [0.15, 0.2) is 36.5 Å². The smallest absolute Gasteiger partial charge is 0.261 e. The molecule has 4 aromatic rings. The first kappa shape index (κ1) is 18.1. The molecule has 3 N–H and O–H groups in total. The molecular formula is C20H15F2N5O3. The molecule has 0 bridgehead atoms. The summed E-state index contributed by atoms with van der Waals surface area (Å²) in [6, 6.07) is 6.71. The number of carbonyl (C=O) groups is 1. The third kappa shape index (κ3) is 2.93. The maximum Gasteiger partial charge on any atom is 0.261 e. The number of nitrogens with zero attached hydrogens (tertiary/aromatic N) is 2. The van der Waals surface area contributed by atoms with Crippen LogP contribution in [0, 0.1) is 11.6 Å². The Bertz CT molecular complexity index is 1250. The van der Waals surface area contributed by atoms with Crippen LogP contribution in [0.2, 0.25) is 0 Å². The van der Waals surface area contributed by atoms with Gasteiger partial charge in [0.15, 0.2) is 17.3 Å². The molecule has 8 nitrogen and oxygen atoms in total. The van der Waals surface area contributed by atoms with E-state index in [-0.39, 0.29) is 5.69 Å². The first-order chi connectivity index (χ1) is 14.3. The van der Waals surface area contributed by atoms with Gasteiger partial charge in [-0.25, -0.2) is 13.8 Å². The number of anilines is 1. The van der Waals surface area contributed by atoms with E-state index in [0.717, 1.165) is 12.1 Å². The molecule has 1 aliphatic heterocycles. The molecule has 30 heavy (non-hydrogen) atoms. The van der Waals surface area contributed by atoms with Gasteiger partial charge in [0.25, 0.3) is 5.91 Å². The molecule has 0 aliphatic carbocycles. The van der Waals surface area contributed by atoms with Crippen molar-refractivity contribution < 1.29 is 23.0 Å². The van der Waals surface area contributed by atoms with E-state index in [0.29, 0.717) is 34.1 Å². The molecule has 0 saturated carbocycles. The quantitative estimate of drug-likeness (QED) is 0.473. The van der Waals surface area contributed by atoms with Gasteiger partial charge in [-0.05, 0) is 12.1 Å². The predicted molar refractivity (Wildman–Crippen MR) is 103 cm³/mol. The third-order valence-corrected chi connectivity index (χ3v) is 4.57. The van der Waals surface area contributed by atoms with E-state index in [9.17, 15) is 13.6 Å². The normalized spacial score (nSPS) is 14.3. The van der Waals surface area contributed by atoms with Crippen LogP contribution in [0.5, 0.6) is 11.5 Å². The fourth-order valence-electron chi connectivity index (χ4n) is 3.31. The molecule has 0 unspecified atom stereocenters. The van der Waals surface area contributed by atoms with Crippen molar-refractivity contribution in [1.82, 2.24) is 20.2 Å². The zero-order valence-corrected chi connectivity index (χ0v) is 15.8. The fourth-order valence-corrected chi connectivity index (χ4v) is 3.31. The number of aromatic nitrogens is 4.